The first-order valence-corrected chi connectivity index (χ1v) is 44.3. The van der Waals surface area contributed by atoms with E-state index < -0.39 is 186 Å². The van der Waals surface area contributed by atoms with E-state index in [-0.39, 0.29) is 54.7 Å². The molecular weight excluding hydrogens is 1910 g/mol. The Morgan fingerprint density at radius 1 is 0.445 bits per heavy atom. The monoisotopic (exact) mass is 2030 g/mol. The maximum Gasteiger partial charge on any atom is 0.258 e. The first kappa shape index (κ1) is 112. The van der Waals surface area contributed by atoms with Gasteiger partial charge in [0.25, 0.3) is 11.8 Å². The van der Waals surface area contributed by atoms with Crippen molar-refractivity contribution in [2.45, 2.75) is 168 Å². The zero-order valence-electron chi connectivity index (χ0n) is 77.9. The van der Waals surface area contributed by atoms with Crippen LogP contribution in [0.2, 0.25) is 0 Å². The summed E-state index contributed by atoms with van der Waals surface area (Å²) in [4.78, 5) is 70.1. The molecule has 6 fully saturated rings. The Balaban J connectivity index is 0.000000160. The fourth-order valence-electron chi connectivity index (χ4n) is 16.3. The van der Waals surface area contributed by atoms with Crippen molar-refractivity contribution in [1.82, 2.24) is 88.9 Å². The Morgan fingerprint density at radius 2 is 0.897 bits per heavy atom. The number of pyridine rings is 3. The molecule has 10 aliphatic rings. The maximum atomic E-state index is 11.5. The second kappa shape index (κ2) is 48.5. The number of amides is 2. The van der Waals surface area contributed by atoms with E-state index in [0.717, 1.165) is 27.8 Å². The van der Waals surface area contributed by atoms with E-state index >= 15 is 0 Å². The molecular formula is C93H121N27O26. The zero-order valence-corrected chi connectivity index (χ0v) is 77.9. The number of nitrogen functional groups attached to an aromatic ring is 4. The minimum absolute atomic E-state index is 0. The Hall–Kier alpha value is -14.4. The molecule has 0 aromatic carbocycles. The summed E-state index contributed by atoms with van der Waals surface area (Å²) in [6.45, 7) is 39.2. The molecule has 53 nitrogen and oxygen atoms in total. The number of fused-ring (bicyclic) bond motifs is 5. The maximum absolute atomic E-state index is 11.5. The molecule has 35 N–H and O–H groups in total. The van der Waals surface area contributed by atoms with Crippen molar-refractivity contribution in [2.24, 2.45) is 21.5 Å². The standard InChI is InChI=1S/C14H17N3O4.C13H19N5O4.C13H16N4O4.C12H15N5O4.C12H17N3O4.C12H16N2O5.C9H9N3.C7H8N2O.CH4/c1-2-7-5-17(13-10(7)8(15)3-4-16-13)14-12(20)11(19)9(6-18)21-14;1-3-7-17-8-11(14)15-5(2)16-12(8)18(7)13-10(21)9(20)6(4-19)22-13;1-2-8-16-9-6(14)3-4-15-12(9)17(8)13-11(20)10(19)7(5-18)21-13;1-2-6-15-10(13)7-11(16-6)17(4-14-7)12-9(20)8(19)5(3-18)21-12;1-3-7-4-15(6(2)14-11(7)13)12-10(18)9(17)8(5-16)19-12;1-3-7-4-14(6(2)13-11(7)18)12-10(17)9(16)8(5-15)19-12;1-2-6-5-12-9-8(6)7(10)3-4-11-9;1-3-6-4-8-5(2)9-7(6)10;/h2-5,9,11-12,14,18-20H,1,6H2,(H2,15,16);3,6,9-11,13,19-21H,1,4,14H2,2H3,(H,15,16);2-4,7,10-11,13,18-20H,1,5H2,(H2,14,15);2,4-5,8-9,12,18-20H,1,3H2,(H2,13,15,16);3-4,8-10,12,16-18H,1-2,5H2,(H2,13,14);3-4,8-10,12,15-17H,1-2,5H2,(H,13,18);2-5H,1H2,(H3,10,11,12);3-4,8H,1-2H2,(H,9,10);1H4/t9-,11?,12+,14-;6-,9?,10+,11?,13-;7-,10?,11+,13-;5-,8?,9+,12-;2*8-,9?,10+,12-;;;/m111111.../s1. The lowest BCUT2D eigenvalue weighted by molar-refractivity contribution is -0.119. The fourth-order valence-corrected chi connectivity index (χ4v) is 16.3. The molecule has 0 radical (unpaired) electrons. The van der Waals surface area contributed by atoms with Crippen LogP contribution >= 0.6 is 0 Å². The van der Waals surface area contributed by atoms with Crippen molar-refractivity contribution in [3.05, 3.63) is 233 Å². The van der Waals surface area contributed by atoms with Gasteiger partial charge in [-0.3, -0.25) is 23.3 Å². The number of aromatic nitrogens is 13. The Labute approximate surface area is 832 Å². The Bertz CT molecular complexity index is 6490. The Morgan fingerprint density at radius 3 is 1.40 bits per heavy atom. The van der Waals surface area contributed by atoms with Gasteiger partial charge in [-0.15, -0.1) is 0 Å². The average molecular weight is 2030 g/mol. The first-order chi connectivity index (χ1) is 69.2. The molecule has 19 heterocycles. The van der Waals surface area contributed by atoms with Gasteiger partial charge in [0.1, 0.15) is 191 Å². The van der Waals surface area contributed by atoms with Crippen LogP contribution in [-0.4, -0.2) is 350 Å². The molecule has 10 aliphatic heterocycles. The lowest BCUT2D eigenvalue weighted by Gasteiger charge is -2.33. The number of hydrogen-bond donors (Lipinski definition) is 29. The van der Waals surface area contributed by atoms with E-state index in [0.29, 0.717) is 96.5 Å². The number of aliphatic hydroxyl groups excluding tert-OH is 18. The highest BCUT2D eigenvalue weighted by Crippen LogP contribution is 2.42. The number of aliphatic imine (C=N–C) groups is 2. The van der Waals surface area contributed by atoms with E-state index in [2.05, 4.69) is 148 Å². The SMILES string of the molecule is C.C=CC1=CN([C@@H]2O[C@H](CO)C(O)[C@@H]2O)C(=C)N=C1N.C=CC1=CN([C@@H]2O[C@H](CO)C(O)[C@@H]2O)C(=C)NC1=O.C=CC1=CNC(=C)NC1=O.C=Cc1c[nH]c2nccc(N)c12.C=Cc1cn([C@@H]2O[C@H](CO)C(O)[C@@H]2O)c2nccc(N)c12.C=Cc1nc(N)c2ncn([C@@H]3O[C@H](CO)C(O)[C@@H]3O)c2n1.C=Cc1nc2c(N)ccnc2n1[C@@H]1O[C@H](CO)C(O)[C@@H]1O.C=Cc1nc2c(n1[C@@H]1O[C@H](CO)C(O)[C@@H]1O)NC(C)=NC2N. The largest absolute Gasteiger partial charge is 0.398 e. The van der Waals surface area contributed by atoms with Gasteiger partial charge in [0.2, 0.25) is 0 Å². The number of nitrogens with zero attached hydrogens (tertiary/aromatic N) is 16. The summed E-state index contributed by atoms with van der Waals surface area (Å²) in [5.41, 5.74) is 43.3. The highest BCUT2D eigenvalue weighted by atomic mass is 16.6. The molecule has 19 rings (SSSR count). The first-order valence-electron chi connectivity index (χ1n) is 44.3. The van der Waals surface area contributed by atoms with Crippen LogP contribution in [0, 0.1) is 0 Å². The molecule has 2 amide bonds. The molecule has 7 unspecified atom stereocenters. The zero-order chi connectivity index (χ0) is 106. The van der Waals surface area contributed by atoms with Crippen molar-refractivity contribution in [1.29, 1.82) is 0 Å². The van der Waals surface area contributed by atoms with Gasteiger partial charge in [-0.05, 0) is 43.4 Å². The molecule has 784 valence electrons. The third-order valence-electron chi connectivity index (χ3n) is 23.9. The molecule has 146 heavy (non-hydrogen) atoms. The number of carbonyl (C=O) groups excluding carboxylic acids is 2. The van der Waals surface area contributed by atoms with Gasteiger partial charge in [0.05, 0.1) is 62.8 Å². The number of H-pyrrole nitrogens is 1. The molecule has 9 aromatic heterocycles. The highest BCUT2D eigenvalue weighted by Gasteiger charge is 2.52. The minimum Gasteiger partial charge on any atom is -0.398 e. The lowest BCUT2D eigenvalue weighted by Crippen LogP contribution is -2.47. The molecule has 6 saturated heterocycles. The van der Waals surface area contributed by atoms with Crippen LogP contribution in [0.3, 0.4) is 0 Å². The van der Waals surface area contributed by atoms with Crippen LogP contribution in [0.25, 0.3) is 74.8 Å². The summed E-state index contributed by atoms with van der Waals surface area (Å²) in [6, 6.07) is 5.07. The predicted octanol–water partition coefficient (Wildman–Crippen LogP) is -3.55. The minimum atomic E-state index is -1.23. The van der Waals surface area contributed by atoms with Crippen molar-refractivity contribution in [3.8, 4) is 0 Å². The van der Waals surface area contributed by atoms with Crippen molar-refractivity contribution in [3.63, 3.8) is 0 Å². The second-order valence-electron chi connectivity index (χ2n) is 33.0. The number of imidazole rings is 3. The molecule has 0 aliphatic carbocycles. The number of aliphatic hydroxyl groups is 18. The summed E-state index contributed by atoms with van der Waals surface area (Å²) in [7, 11) is 0. The van der Waals surface area contributed by atoms with Crippen molar-refractivity contribution in [2.75, 3.05) is 67.9 Å². The van der Waals surface area contributed by atoms with E-state index in [1.807, 2.05) is 6.20 Å². The van der Waals surface area contributed by atoms with Crippen LogP contribution in [-0.2, 0) is 38.0 Å². The van der Waals surface area contributed by atoms with Crippen LogP contribution in [0.4, 0.5) is 28.7 Å². The number of nitrogens with one attached hydrogen (secondary N) is 5. The van der Waals surface area contributed by atoms with Crippen LogP contribution in [0.5, 0.6) is 0 Å². The van der Waals surface area contributed by atoms with Gasteiger partial charge in [-0.25, -0.2) is 49.9 Å². The smallest absolute Gasteiger partial charge is 0.258 e. The molecule has 0 bridgehead atoms. The van der Waals surface area contributed by atoms with Gasteiger partial charge >= 0.3 is 0 Å². The van der Waals surface area contributed by atoms with Crippen LogP contribution in [0.15, 0.2) is 209 Å². The van der Waals surface area contributed by atoms with Crippen molar-refractivity contribution < 1.29 is 130 Å². The van der Waals surface area contributed by atoms with Crippen LogP contribution < -0.4 is 55.7 Å². The number of rotatable bonds is 20. The van der Waals surface area contributed by atoms with Gasteiger partial charge in [-0.2, -0.15) is 0 Å². The number of ether oxygens (including phenoxy) is 6. The number of anilines is 5. The van der Waals surface area contributed by atoms with Crippen molar-refractivity contribution >= 4 is 127 Å². The lowest BCUT2D eigenvalue weighted by atomic mass is 10.1. The number of carbonyl (C=O) groups is 2. The highest BCUT2D eigenvalue weighted by molar-refractivity contribution is 6.01. The summed E-state index contributed by atoms with van der Waals surface area (Å²) in [5, 5.41) is 187. The third kappa shape index (κ3) is 22.8. The number of nitrogens with two attached hydrogens (primary N) is 6. The summed E-state index contributed by atoms with van der Waals surface area (Å²) < 4.78 is 38.9. The van der Waals surface area contributed by atoms with Gasteiger partial charge < -0.3 is 195 Å². The fraction of sp³-hybridized carbons (Fsp3) is 0.355. The Kier molecular flexibility index (Phi) is 37.2. The van der Waals surface area contributed by atoms with Gasteiger partial charge in [0.15, 0.2) is 60.3 Å². The van der Waals surface area contributed by atoms with Crippen LogP contribution in [0.1, 0.15) is 79.7 Å². The number of hydrogen-bond acceptors (Lipinski definition) is 46. The predicted molar refractivity (Wildman–Crippen MR) is 534 cm³/mol. The summed E-state index contributed by atoms with van der Waals surface area (Å²) >= 11 is 0. The summed E-state index contributed by atoms with van der Waals surface area (Å²) in [6.07, 6.45) is 0.811. The van der Waals surface area contributed by atoms with Gasteiger partial charge in [0, 0.05) is 88.4 Å². The van der Waals surface area contributed by atoms with E-state index in [1.165, 1.54) is 74.1 Å². The van der Waals surface area contributed by atoms with Gasteiger partial charge in [-0.1, -0.05) is 110 Å². The number of aromatic amines is 1. The molecule has 25 atom stereocenters. The quantitative estimate of drug-likeness (QED) is 0.0351. The topological polar surface area (TPSA) is 828 Å². The average Bonchev–Trinajstić information content (AvgIpc) is 1.60. The number of amidine groups is 2. The molecule has 9 aromatic rings. The molecule has 0 saturated carbocycles. The second-order valence-corrected chi connectivity index (χ2v) is 33.0. The molecule has 53 heteroatoms. The van der Waals surface area contributed by atoms with E-state index in [4.69, 9.17) is 78.1 Å². The third-order valence-corrected chi connectivity index (χ3v) is 23.9. The molecule has 0 spiro atoms. The van der Waals surface area contributed by atoms with E-state index in [9.17, 15) is 86.2 Å². The summed E-state index contributed by atoms with van der Waals surface area (Å²) in [5.74, 6) is 3.18. The normalized spacial score (nSPS) is 28.8. The van der Waals surface area contributed by atoms with E-state index in [1.54, 1.807) is 77.4 Å².